The Morgan fingerprint density at radius 3 is 2.33 bits per heavy atom. The molecule has 0 aromatic rings. The highest BCUT2D eigenvalue weighted by Gasteiger charge is 2.19. The highest BCUT2D eigenvalue weighted by atomic mass is 32.2. The summed E-state index contributed by atoms with van der Waals surface area (Å²) in [6, 6.07) is 0. The predicted molar refractivity (Wildman–Crippen MR) is 64.3 cm³/mol. The van der Waals surface area contributed by atoms with Crippen molar-refractivity contribution in [2.45, 2.75) is 33.0 Å². The van der Waals surface area contributed by atoms with Crippen LogP contribution in [0.5, 0.6) is 0 Å². The van der Waals surface area contributed by atoms with Crippen LogP contribution in [0.3, 0.4) is 0 Å². The van der Waals surface area contributed by atoms with E-state index in [1.54, 1.807) is 0 Å². The normalized spacial score (nSPS) is 12.1. The van der Waals surface area contributed by atoms with E-state index in [-0.39, 0.29) is 6.61 Å². The third-order valence-electron chi connectivity index (χ3n) is 1.82. The Morgan fingerprint density at radius 2 is 2.00 bits per heavy atom. The van der Waals surface area contributed by atoms with Crippen molar-refractivity contribution in [3.05, 3.63) is 17.0 Å². The summed E-state index contributed by atoms with van der Waals surface area (Å²) in [7, 11) is -5.26. The molecular weight excluding hydrogens is 230 g/mol. The lowest BCUT2D eigenvalue weighted by Crippen LogP contribution is -2.25. The van der Waals surface area contributed by atoms with E-state index in [1.807, 2.05) is 13.0 Å². The minimum absolute atomic E-state index is 0.0965. The zero-order chi connectivity index (χ0) is 12.1. The molecule has 6 heteroatoms. The first-order chi connectivity index (χ1) is 6.67. The number of rotatable bonds is 5. The summed E-state index contributed by atoms with van der Waals surface area (Å²) in [5, 5.41) is 5.88. The first kappa shape index (κ1) is 14.6. The summed E-state index contributed by atoms with van der Waals surface area (Å²) in [6.07, 6.45) is 2.40. The third kappa shape index (κ3) is 7.53. The standard InChI is InChI=1S/C9H19NO3SSi/c1-5-6-9(15(2,3)4)7-8-13-14(10,11)12/h5H,7-8H2,1-4H3,(H2,10,11,12). The SMILES string of the molecule is CC=C=C(CCOS(N)(=O)=O)[Si](C)(C)C. The van der Waals surface area contributed by atoms with Gasteiger partial charge in [0.15, 0.2) is 0 Å². The summed E-state index contributed by atoms with van der Waals surface area (Å²) in [4.78, 5) is 0. The molecule has 15 heavy (non-hydrogen) atoms. The van der Waals surface area contributed by atoms with Crippen molar-refractivity contribution in [1.29, 1.82) is 0 Å². The van der Waals surface area contributed by atoms with Gasteiger partial charge in [-0.05, 0) is 24.6 Å². The van der Waals surface area contributed by atoms with Crippen LogP contribution in [0.1, 0.15) is 13.3 Å². The molecule has 0 unspecified atom stereocenters. The van der Waals surface area contributed by atoms with Crippen LogP contribution >= 0.6 is 0 Å². The van der Waals surface area contributed by atoms with Gasteiger partial charge in [0, 0.05) is 0 Å². The molecule has 0 saturated heterocycles. The van der Waals surface area contributed by atoms with Gasteiger partial charge in [-0.3, -0.25) is 4.18 Å². The largest absolute Gasteiger partial charge is 0.333 e. The quantitative estimate of drug-likeness (QED) is 0.594. The van der Waals surface area contributed by atoms with Crippen LogP contribution < -0.4 is 5.14 Å². The van der Waals surface area contributed by atoms with E-state index in [9.17, 15) is 8.42 Å². The van der Waals surface area contributed by atoms with Crippen LogP contribution in [0.4, 0.5) is 0 Å². The number of hydrogen-bond donors (Lipinski definition) is 1. The van der Waals surface area contributed by atoms with E-state index in [1.165, 1.54) is 0 Å². The molecule has 88 valence electrons. The average Bonchev–Trinajstić information content (AvgIpc) is 1.98. The Labute approximate surface area is 93.1 Å². The van der Waals surface area contributed by atoms with Crippen molar-refractivity contribution in [2.24, 2.45) is 5.14 Å². The van der Waals surface area contributed by atoms with Crippen molar-refractivity contribution in [3.8, 4) is 0 Å². The second-order valence-electron chi connectivity index (χ2n) is 4.23. The molecule has 0 amide bonds. The summed E-state index contributed by atoms with van der Waals surface area (Å²) in [5.41, 5.74) is 3.15. The Bertz CT molecular complexity index is 361. The minimum atomic E-state index is -3.82. The summed E-state index contributed by atoms with van der Waals surface area (Å²) in [5.74, 6) is 0. The predicted octanol–water partition coefficient (Wildman–Crippen LogP) is 1.58. The van der Waals surface area contributed by atoms with Crippen LogP contribution in [-0.4, -0.2) is 23.1 Å². The Kier molecular flexibility index (Phi) is 5.48. The zero-order valence-corrected chi connectivity index (χ0v) is 11.5. The molecule has 0 rings (SSSR count). The maximum atomic E-state index is 10.5. The second-order valence-corrected chi connectivity index (χ2v) is 10.6. The second kappa shape index (κ2) is 5.63. The van der Waals surface area contributed by atoms with E-state index in [0.717, 1.165) is 5.20 Å². The molecule has 0 saturated carbocycles. The summed E-state index contributed by atoms with van der Waals surface area (Å²) < 4.78 is 25.6. The monoisotopic (exact) mass is 249 g/mol. The van der Waals surface area contributed by atoms with Gasteiger partial charge in [-0.25, -0.2) is 5.14 Å². The molecule has 4 nitrogen and oxygen atoms in total. The smallest absolute Gasteiger partial charge is 0.258 e. The molecular formula is C9H19NO3SSi. The zero-order valence-electron chi connectivity index (χ0n) is 9.70. The molecule has 0 atom stereocenters. The van der Waals surface area contributed by atoms with Gasteiger partial charge in [0.1, 0.15) is 0 Å². The van der Waals surface area contributed by atoms with Crippen molar-refractivity contribution in [2.75, 3.05) is 6.61 Å². The molecule has 0 heterocycles. The fourth-order valence-corrected chi connectivity index (χ4v) is 2.84. The van der Waals surface area contributed by atoms with Gasteiger partial charge in [-0.1, -0.05) is 19.6 Å². The van der Waals surface area contributed by atoms with Crippen LogP contribution in [-0.2, 0) is 14.5 Å². The highest BCUT2D eigenvalue weighted by molar-refractivity contribution is 7.84. The lowest BCUT2D eigenvalue weighted by molar-refractivity contribution is 0.324. The number of hydrogen-bond acceptors (Lipinski definition) is 3. The van der Waals surface area contributed by atoms with Crippen molar-refractivity contribution < 1.29 is 12.6 Å². The first-order valence-corrected chi connectivity index (χ1v) is 9.72. The van der Waals surface area contributed by atoms with Gasteiger partial charge in [0.25, 0.3) is 0 Å². The molecule has 0 aromatic heterocycles. The molecule has 0 radical (unpaired) electrons. The topological polar surface area (TPSA) is 69.4 Å². The van der Waals surface area contributed by atoms with Gasteiger partial charge in [-0.2, -0.15) is 8.42 Å². The lowest BCUT2D eigenvalue weighted by atomic mass is 10.4. The molecule has 0 fully saturated rings. The Balaban J connectivity index is 4.44. The fraction of sp³-hybridized carbons (Fsp3) is 0.667. The molecule has 0 aliphatic heterocycles. The molecule has 0 spiro atoms. The van der Waals surface area contributed by atoms with E-state index in [2.05, 4.69) is 29.6 Å². The van der Waals surface area contributed by atoms with Gasteiger partial charge < -0.3 is 0 Å². The minimum Gasteiger partial charge on any atom is -0.258 e. The summed E-state index contributed by atoms with van der Waals surface area (Å²) in [6.45, 7) is 8.52. The number of nitrogens with two attached hydrogens (primary N) is 1. The first-order valence-electron chi connectivity index (χ1n) is 4.74. The maximum Gasteiger partial charge on any atom is 0.333 e. The van der Waals surface area contributed by atoms with Crippen molar-refractivity contribution in [3.63, 3.8) is 0 Å². The summed E-state index contributed by atoms with van der Waals surface area (Å²) >= 11 is 0. The molecule has 0 aromatic carbocycles. The molecule has 0 aliphatic carbocycles. The van der Waals surface area contributed by atoms with E-state index >= 15 is 0 Å². The molecule has 0 aliphatic rings. The van der Waals surface area contributed by atoms with Crippen molar-refractivity contribution >= 4 is 18.4 Å². The van der Waals surface area contributed by atoms with Gasteiger partial charge in [-0.15, -0.1) is 5.73 Å². The molecule has 2 N–H and O–H groups in total. The fourth-order valence-electron chi connectivity index (χ4n) is 1.10. The van der Waals surface area contributed by atoms with E-state index in [4.69, 9.17) is 5.14 Å². The van der Waals surface area contributed by atoms with Crippen LogP contribution in [0.2, 0.25) is 19.6 Å². The van der Waals surface area contributed by atoms with Gasteiger partial charge in [0.2, 0.25) is 0 Å². The Morgan fingerprint density at radius 1 is 1.47 bits per heavy atom. The highest BCUT2D eigenvalue weighted by Crippen LogP contribution is 2.16. The third-order valence-corrected chi connectivity index (χ3v) is 4.52. The van der Waals surface area contributed by atoms with E-state index < -0.39 is 18.4 Å². The lowest BCUT2D eigenvalue weighted by Gasteiger charge is -2.18. The average molecular weight is 249 g/mol. The van der Waals surface area contributed by atoms with Crippen LogP contribution in [0.25, 0.3) is 0 Å². The van der Waals surface area contributed by atoms with Gasteiger partial charge in [0.05, 0.1) is 14.7 Å². The van der Waals surface area contributed by atoms with Crippen molar-refractivity contribution in [1.82, 2.24) is 0 Å². The van der Waals surface area contributed by atoms with Gasteiger partial charge >= 0.3 is 10.3 Å². The van der Waals surface area contributed by atoms with Crippen LogP contribution in [0, 0.1) is 0 Å². The van der Waals surface area contributed by atoms with E-state index in [0.29, 0.717) is 6.42 Å². The Hall–Kier alpha value is -0.393. The maximum absolute atomic E-state index is 10.5. The molecule has 0 bridgehead atoms. The van der Waals surface area contributed by atoms with Crippen LogP contribution in [0.15, 0.2) is 17.0 Å².